The normalized spacial score (nSPS) is 11.8. The molecule has 0 unspecified atom stereocenters. The Bertz CT molecular complexity index is 793. The van der Waals surface area contributed by atoms with E-state index in [0.29, 0.717) is 13.1 Å². The van der Waals surface area contributed by atoms with E-state index in [2.05, 4.69) is 40.0 Å². The largest absolute Gasteiger partial charge is 0.389 e. The Balaban J connectivity index is 2.02. The highest BCUT2D eigenvalue weighted by atomic mass is 32.1. The minimum absolute atomic E-state index is 0.503. The molecule has 4 nitrogen and oxygen atoms in total. The average molecular weight is 327 g/mol. The molecule has 2 aromatic heterocycles. The van der Waals surface area contributed by atoms with Crippen LogP contribution in [-0.4, -0.2) is 27.2 Å². The van der Waals surface area contributed by atoms with Crippen LogP contribution in [0.2, 0.25) is 0 Å². The number of aromatic nitrogens is 2. The maximum absolute atomic E-state index is 10.3. The predicted molar refractivity (Wildman–Crippen MR) is 95.9 cm³/mol. The Labute approximate surface area is 140 Å². The van der Waals surface area contributed by atoms with E-state index in [1.807, 2.05) is 32.0 Å². The van der Waals surface area contributed by atoms with Crippen molar-refractivity contribution in [3.05, 3.63) is 53.2 Å². The predicted octanol–water partition coefficient (Wildman–Crippen LogP) is 3.78. The van der Waals surface area contributed by atoms with Crippen molar-refractivity contribution in [2.24, 2.45) is 0 Å². The van der Waals surface area contributed by atoms with E-state index in [1.54, 1.807) is 17.7 Å². The van der Waals surface area contributed by atoms with Gasteiger partial charge in [0, 0.05) is 18.0 Å². The number of aryl methyl sites for hydroxylation is 1. The van der Waals surface area contributed by atoms with Crippen molar-refractivity contribution in [3.63, 3.8) is 0 Å². The molecule has 3 aromatic rings. The van der Waals surface area contributed by atoms with E-state index in [4.69, 9.17) is 0 Å². The zero-order chi connectivity index (χ0) is 16.4. The highest BCUT2D eigenvalue weighted by molar-refractivity contribution is 7.18. The zero-order valence-electron chi connectivity index (χ0n) is 13.7. The number of nitrogens with zero attached hydrogens (tertiary/aromatic N) is 3. The summed E-state index contributed by atoms with van der Waals surface area (Å²) in [7, 11) is 0. The molecule has 0 fully saturated rings. The highest BCUT2D eigenvalue weighted by Gasteiger charge is 2.22. The molecular formula is C18H21N3OS. The molecule has 0 atom stereocenters. The number of aliphatic hydroxyl groups is 1. The van der Waals surface area contributed by atoms with Gasteiger partial charge in [0.1, 0.15) is 17.0 Å². The highest BCUT2D eigenvalue weighted by Crippen LogP contribution is 2.31. The van der Waals surface area contributed by atoms with E-state index in [1.165, 1.54) is 10.4 Å². The zero-order valence-corrected chi connectivity index (χ0v) is 14.5. The molecule has 0 radical (unpaired) electrons. The van der Waals surface area contributed by atoms with Crippen molar-refractivity contribution in [3.8, 4) is 0 Å². The van der Waals surface area contributed by atoms with Crippen molar-refractivity contribution in [1.82, 2.24) is 9.97 Å². The molecule has 3 rings (SSSR count). The molecule has 1 aromatic carbocycles. The van der Waals surface area contributed by atoms with Gasteiger partial charge >= 0.3 is 0 Å². The molecular weight excluding hydrogens is 306 g/mol. The molecule has 0 saturated heterocycles. The Kier molecular flexibility index (Phi) is 4.33. The van der Waals surface area contributed by atoms with Gasteiger partial charge in [0.2, 0.25) is 0 Å². The van der Waals surface area contributed by atoms with Gasteiger partial charge in [0.15, 0.2) is 0 Å². The summed E-state index contributed by atoms with van der Waals surface area (Å²) >= 11 is 1.67. The summed E-state index contributed by atoms with van der Waals surface area (Å²) in [4.78, 5) is 13.2. The van der Waals surface area contributed by atoms with Crippen LogP contribution in [0.3, 0.4) is 0 Å². The van der Waals surface area contributed by atoms with Crippen LogP contribution in [0.25, 0.3) is 10.2 Å². The minimum Gasteiger partial charge on any atom is -0.389 e. The van der Waals surface area contributed by atoms with Gasteiger partial charge in [-0.15, -0.1) is 11.3 Å². The summed E-state index contributed by atoms with van der Waals surface area (Å²) in [6.45, 7) is 6.92. The van der Waals surface area contributed by atoms with E-state index in [9.17, 15) is 5.11 Å². The van der Waals surface area contributed by atoms with Gasteiger partial charge in [-0.3, -0.25) is 0 Å². The maximum Gasteiger partial charge on any atom is 0.141 e. The first-order valence-corrected chi connectivity index (χ1v) is 8.46. The minimum atomic E-state index is -0.808. The Morgan fingerprint density at radius 3 is 2.61 bits per heavy atom. The van der Waals surface area contributed by atoms with Crippen LogP contribution in [0.1, 0.15) is 24.3 Å². The summed E-state index contributed by atoms with van der Waals surface area (Å²) in [5.74, 6) is 0.880. The summed E-state index contributed by atoms with van der Waals surface area (Å²) in [6, 6.07) is 12.4. The Morgan fingerprint density at radius 2 is 1.91 bits per heavy atom. The molecule has 2 heterocycles. The lowest BCUT2D eigenvalue weighted by Gasteiger charge is -2.30. The summed E-state index contributed by atoms with van der Waals surface area (Å²) in [6.07, 6.45) is 1.61. The van der Waals surface area contributed by atoms with Crippen LogP contribution in [0.15, 0.2) is 42.7 Å². The number of rotatable bonds is 5. The molecule has 0 amide bonds. The van der Waals surface area contributed by atoms with Gasteiger partial charge in [-0.1, -0.05) is 30.3 Å². The third kappa shape index (κ3) is 3.86. The van der Waals surface area contributed by atoms with Gasteiger partial charge in [0.25, 0.3) is 0 Å². The quantitative estimate of drug-likeness (QED) is 0.775. The van der Waals surface area contributed by atoms with Crippen LogP contribution in [0, 0.1) is 6.92 Å². The van der Waals surface area contributed by atoms with Gasteiger partial charge in [-0.25, -0.2) is 9.97 Å². The standard InChI is InChI=1S/C18H21N3OS/c1-13-9-15-16(19-12-20-17(15)23-13)21(11-18(2,3)22)10-14-7-5-4-6-8-14/h4-9,12,22H,10-11H2,1-3H3. The lowest BCUT2D eigenvalue weighted by Crippen LogP contribution is -2.38. The number of anilines is 1. The second kappa shape index (κ2) is 6.26. The SMILES string of the molecule is Cc1cc2c(N(Cc3ccccc3)CC(C)(C)O)ncnc2s1. The molecule has 0 saturated carbocycles. The fourth-order valence-electron chi connectivity index (χ4n) is 2.69. The smallest absolute Gasteiger partial charge is 0.141 e. The molecule has 23 heavy (non-hydrogen) atoms. The van der Waals surface area contributed by atoms with Crippen molar-refractivity contribution in [2.45, 2.75) is 32.9 Å². The first kappa shape index (κ1) is 15.9. The lowest BCUT2D eigenvalue weighted by atomic mass is 10.1. The van der Waals surface area contributed by atoms with Crippen LogP contribution >= 0.6 is 11.3 Å². The van der Waals surface area contributed by atoms with Crippen LogP contribution < -0.4 is 4.90 Å². The van der Waals surface area contributed by atoms with Gasteiger partial charge < -0.3 is 10.0 Å². The number of hydrogen-bond acceptors (Lipinski definition) is 5. The molecule has 0 spiro atoms. The molecule has 0 aliphatic carbocycles. The van der Waals surface area contributed by atoms with Crippen molar-refractivity contribution >= 4 is 27.4 Å². The molecule has 5 heteroatoms. The second-order valence-electron chi connectivity index (χ2n) is 6.43. The number of benzene rings is 1. The van der Waals surface area contributed by atoms with Crippen molar-refractivity contribution in [1.29, 1.82) is 0 Å². The Hall–Kier alpha value is -1.98. The van der Waals surface area contributed by atoms with E-state index < -0.39 is 5.60 Å². The summed E-state index contributed by atoms with van der Waals surface area (Å²) in [5.41, 5.74) is 0.382. The fourth-order valence-corrected chi connectivity index (χ4v) is 3.53. The third-order valence-corrected chi connectivity index (χ3v) is 4.48. The van der Waals surface area contributed by atoms with Crippen LogP contribution in [-0.2, 0) is 6.54 Å². The van der Waals surface area contributed by atoms with E-state index in [0.717, 1.165) is 16.0 Å². The van der Waals surface area contributed by atoms with E-state index in [-0.39, 0.29) is 0 Å². The number of thiophene rings is 1. The molecule has 0 aliphatic heterocycles. The maximum atomic E-state index is 10.3. The second-order valence-corrected chi connectivity index (χ2v) is 7.66. The van der Waals surface area contributed by atoms with Crippen LogP contribution in [0.5, 0.6) is 0 Å². The first-order chi connectivity index (χ1) is 10.9. The summed E-state index contributed by atoms with van der Waals surface area (Å²) in [5, 5.41) is 11.4. The molecule has 1 N–H and O–H groups in total. The van der Waals surface area contributed by atoms with Crippen molar-refractivity contribution < 1.29 is 5.11 Å². The van der Waals surface area contributed by atoms with E-state index >= 15 is 0 Å². The van der Waals surface area contributed by atoms with Gasteiger partial charge in [-0.05, 0) is 32.4 Å². The van der Waals surface area contributed by atoms with Gasteiger partial charge in [0.05, 0.1) is 11.0 Å². The molecule has 120 valence electrons. The first-order valence-electron chi connectivity index (χ1n) is 7.65. The Morgan fingerprint density at radius 1 is 1.17 bits per heavy atom. The monoisotopic (exact) mass is 327 g/mol. The molecule has 0 aliphatic rings. The fraction of sp³-hybridized carbons (Fsp3) is 0.333. The average Bonchev–Trinajstić information content (AvgIpc) is 2.86. The van der Waals surface area contributed by atoms with Crippen LogP contribution in [0.4, 0.5) is 5.82 Å². The van der Waals surface area contributed by atoms with Gasteiger partial charge in [-0.2, -0.15) is 0 Å². The number of fused-ring (bicyclic) bond motifs is 1. The third-order valence-electron chi connectivity index (χ3n) is 3.53. The molecule has 0 bridgehead atoms. The topological polar surface area (TPSA) is 49.2 Å². The summed E-state index contributed by atoms with van der Waals surface area (Å²) < 4.78 is 0. The van der Waals surface area contributed by atoms with Crippen molar-refractivity contribution in [2.75, 3.05) is 11.4 Å². The number of hydrogen-bond donors (Lipinski definition) is 1. The lowest BCUT2D eigenvalue weighted by molar-refractivity contribution is 0.0869.